The fourth-order valence-corrected chi connectivity index (χ4v) is 3.50. The summed E-state index contributed by atoms with van der Waals surface area (Å²) in [5, 5.41) is 5.57. The SMILES string of the molecule is COC[C@H](C)NC(=O)c1cn(C2CCCCC2)cc(C(=O)NCC(C)C)c1=O. The first-order chi connectivity index (χ1) is 13.3. The smallest absolute Gasteiger partial charge is 0.257 e. The number of amides is 2. The molecule has 1 atom stereocenters. The number of methoxy groups -OCH3 is 1. The first-order valence-electron chi connectivity index (χ1n) is 10.2. The van der Waals surface area contributed by atoms with Crippen LogP contribution in [0.15, 0.2) is 17.2 Å². The summed E-state index contributed by atoms with van der Waals surface area (Å²) >= 11 is 0. The highest BCUT2D eigenvalue weighted by atomic mass is 16.5. The average molecular weight is 392 g/mol. The van der Waals surface area contributed by atoms with Crippen molar-refractivity contribution >= 4 is 11.8 Å². The van der Waals surface area contributed by atoms with E-state index in [0.717, 1.165) is 25.7 Å². The second kappa shape index (κ2) is 10.4. The summed E-state index contributed by atoms with van der Waals surface area (Å²) in [6.45, 7) is 6.60. The third kappa shape index (κ3) is 5.92. The van der Waals surface area contributed by atoms with Gasteiger partial charge in [0.1, 0.15) is 11.1 Å². The van der Waals surface area contributed by atoms with Crippen molar-refractivity contribution in [3.8, 4) is 0 Å². The molecule has 0 aromatic carbocycles. The summed E-state index contributed by atoms with van der Waals surface area (Å²) in [4.78, 5) is 38.2. The highest BCUT2D eigenvalue weighted by Gasteiger charge is 2.23. The number of carbonyl (C=O) groups excluding carboxylic acids is 2. The monoisotopic (exact) mass is 391 g/mol. The van der Waals surface area contributed by atoms with Gasteiger partial charge in [0.25, 0.3) is 11.8 Å². The minimum absolute atomic E-state index is 0.00530. The van der Waals surface area contributed by atoms with E-state index in [0.29, 0.717) is 13.2 Å². The van der Waals surface area contributed by atoms with Crippen molar-refractivity contribution in [1.29, 1.82) is 0 Å². The molecule has 0 aliphatic heterocycles. The maximum Gasteiger partial charge on any atom is 0.257 e. The number of carbonyl (C=O) groups is 2. The Morgan fingerprint density at radius 3 is 2.29 bits per heavy atom. The van der Waals surface area contributed by atoms with Crippen LogP contribution < -0.4 is 16.1 Å². The molecular weight excluding hydrogens is 358 g/mol. The molecule has 7 heteroatoms. The Balaban J connectivity index is 2.38. The predicted molar refractivity (Wildman–Crippen MR) is 109 cm³/mol. The lowest BCUT2D eigenvalue weighted by atomic mass is 9.95. The van der Waals surface area contributed by atoms with Crippen LogP contribution in [0.2, 0.25) is 0 Å². The molecule has 28 heavy (non-hydrogen) atoms. The molecule has 7 nitrogen and oxygen atoms in total. The van der Waals surface area contributed by atoms with Gasteiger partial charge in [0, 0.05) is 38.1 Å². The van der Waals surface area contributed by atoms with Crippen molar-refractivity contribution in [2.24, 2.45) is 5.92 Å². The van der Waals surface area contributed by atoms with Crippen molar-refractivity contribution in [2.75, 3.05) is 20.3 Å². The van der Waals surface area contributed by atoms with Gasteiger partial charge in [0.15, 0.2) is 0 Å². The number of hydrogen-bond donors (Lipinski definition) is 2. The van der Waals surface area contributed by atoms with Crippen molar-refractivity contribution in [3.63, 3.8) is 0 Å². The molecule has 2 N–H and O–H groups in total. The second-order valence-corrected chi connectivity index (χ2v) is 8.09. The first kappa shape index (κ1) is 22.1. The summed E-state index contributed by atoms with van der Waals surface area (Å²) in [6.07, 6.45) is 8.60. The Morgan fingerprint density at radius 2 is 1.71 bits per heavy atom. The molecule has 1 fully saturated rings. The lowest BCUT2D eigenvalue weighted by Crippen LogP contribution is -2.40. The van der Waals surface area contributed by atoms with E-state index in [2.05, 4.69) is 10.6 Å². The second-order valence-electron chi connectivity index (χ2n) is 8.09. The Hall–Kier alpha value is -2.15. The van der Waals surface area contributed by atoms with Gasteiger partial charge in [-0.1, -0.05) is 33.1 Å². The number of nitrogens with zero attached hydrogens (tertiary/aromatic N) is 1. The molecule has 1 aromatic heterocycles. The standard InChI is InChI=1S/C21H33N3O4/c1-14(2)10-22-20(26)17-11-24(16-8-6-5-7-9-16)12-18(19(17)25)21(27)23-15(3)13-28-4/h11-12,14-16H,5-10,13H2,1-4H3,(H,22,26)(H,23,27)/t15-/m0/s1. The number of hydrogen-bond acceptors (Lipinski definition) is 4. The van der Waals surface area contributed by atoms with Gasteiger partial charge >= 0.3 is 0 Å². The normalized spacial score (nSPS) is 16.0. The number of rotatable bonds is 8. The molecule has 1 aromatic rings. The number of nitrogens with one attached hydrogen (secondary N) is 2. The van der Waals surface area contributed by atoms with Gasteiger partial charge in [0.05, 0.1) is 6.61 Å². The number of aromatic nitrogens is 1. The summed E-state index contributed by atoms with van der Waals surface area (Å²) in [5.41, 5.74) is -0.501. The van der Waals surface area contributed by atoms with Crippen molar-refractivity contribution in [3.05, 3.63) is 33.7 Å². The van der Waals surface area contributed by atoms with Crippen LogP contribution in [0, 0.1) is 5.92 Å². The number of pyridine rings is 1. The van der Waals surface area contributed by atoms with Crippen LogP contribution in [0.4, 0.5) is 0 Å². The minimum Gasteiger partial charge on any atom is -0.383 e. The van der Waals surface area contributed by atoms with Crippen LogP contribution in [0.25, 0.3) is 0 Å². The van der Waals surface area contributed by atoms with E-state index in [9.17, 15) is 14.4 Å². The van der Waals surface area contributed by atoms with Crippen LogP contribution in [-0.4, -0.2) is 42.7 Å². The maximum absolute atomic E-state index is 12.9. The van der Waals surface area contributed by atoms with Gasteiger partial charge in [-0.25, -0.2) is 0 Å². The molecule has 1 aliphatic carbocycles. The Kier molecular flexibility index (Phi) is 8.23. The summed E-state index contributed by atoms with van der Waals surface area (Å²) < 4.78 is 6.93. The largest absolute Gasteiger partial charge is 0.383 e. The molecule has 1 aliphatic rings. The van der Waals surface area contributed by atoms with Gasteiger partial charge in [-0.2, -0.15) is 0 Å². The summed E-state index contributed by atoms with van der Waals surface area (Å²) in [6, 6.07) is -0.0348. The fraction of sp³-hybridized carbons (Fsp3) is 0.667. The molecule has 1 saturated carbocycles. The fourth-order valence-electron chi connectivity index (χ4n) is 3.50. The summed E-state index contributed by atoms with van der Waals surface area (Å²) in [5.74, 6) is -0.633. The van der Waals surface area contributed by atoms with Gasteiger partial charge < -0.3 is 19.9 Å². The van der Waals surface area contributed by atoms with Crippen molar-refractivity contribution in [2.45, 2.75) is 65.0 Å². The van der Waals surface area contributed by atoms with Crippen molar-refractivity contribution in [1.82, 2.24) is 15.2 Å². The average Bonchev–Trinajstić information content (AvgIpc) is 2.67. The Morgan fingerprint density at radius 1 is 1.11 bits per heavy atom. The van der Waals surface area contributed by atoms with Gasteiger partial charge in [-0.15, -0.1) is 0 Å². The quantitative estimate of drug-likeness (QED) is 0.712. The zero-order valence-electron chi connectivity index (χ0n) is 17.4. The molecule has 0 bridgehead atoms. The molecular formula is C21H33N3O4. The van der Waals surface area contributed by atoms with Crippen LogP contribution in [-0.2, 0) is 4.74 Å². The minimum atomic E-state index is -0.532. The van der Waals surface area contributed by atoms with Gasteiger partial charge in [-0.05, 0) is 25.7 Å². The van der Waals surface area contributed by atoms with E-state index in [1.165, 1.54) is 6.42 Å². The van der Waals surface area contributed by atoms with E-state index >= 15 is 0 Å². The molecule has 2 amide bonds. The van der Waals surface area contributed by atoms with Gasteiger partial charge in [-0.3, -0.25) is 14.4 Å². The third-order valence-electron chi connectivity index (χ3n) is 5.00. The Bertz CT molecular complexity index is 736. The molecule has 0 unspecified atom stereocenters. The molecule has 2 rings (SSSR count). The van der Waals surface area contributed by atoms with E-state index in [1.807, 2.05) is 18.4 Å². The Labute approximate surface area is 166 Å². The zero-order chi connectivity index (χ0) is 20.7. The lowest BCUT2D eigenvalue weighted by molar-refractivity contribution is 0.0903. The van der Waals surface area contributed by atoms with E-state index in [4.69, 9.17) is 4.74 Å². The molecule has 0 radical (unpaired) electrons. The third-order valence-corrected chi connectivity index (χ3v) is 5.00. The highest BCUT2D eigenvalue weighted by Crippen LogP contribution is 2.28. The summed E-state index contributed by atoms with van der Waals surface area (Å²) in [7, 11) is 1.55. The van der Waals surface area contributed by atoms with Crippen molar-refractivity contribution < 1.29 is 14.3 Å². The number of ether oxygens (including phenoxy) is 1. The molecule has 0 spiro atoms. The van der Waals surface area contributed by atoms with E-state index < -0.39 is 17.2 Å². The van der Waals surface area contributed by atoms with Crippen LogP contribution in [0.1, 0.15) is 79.6 Å². The van der Waals surface area contributed by atoms with E-state index in [1.54, 1.807) is 26.4 Å². The zero-order valence-corrected chi connectivity index (χ0v) is 17.4. The van der Waals surface area contributed by atoms with Crippen LogP contribution in [0.3, 0.4) is 0 Å². The topological polar surface area (TPSA) is 89.4 Å². The maximum atomic E-state index is 12.9. The highest BCUT2D eigenvalue weighted by molar-refractivity contribution is 5.99. The molecule has 0 saturated heterocycles. The van der Waals surface area contributed by atoms with Gasteiger partial charge in [0.2, 0.25) is 5.43 Å². The predicted octanol–water partition coefficient (Wildman–Crippen LogP) is 2.50. The van der Waals surface area contributed by atoms with Crippen LogP contribution in [0.5, 0.6) is 0 Å². The van der Waals surface area contributed by atoms with Crippen LogP contribution >= 0.6 is 0 Å². The molecule has 1 heterocycles. The van der Waals surface area contributed by atoms with E-state index in [-0.39, 0.29) is 29.1 Å². The lowest BCUT2D eigenvalue weighted by Gasteiger charge is -2.26. The molecule has 156 valence electrons. The first-order valence-corrected chi connectivity index (χ1v) is 10.2.